The molecule has 0 heterocycles. The highest BCUT2D eigenvalue weighted by atomic mass is 16.5. The van der Waals surface area contributed by atoms with Crippen LogP contribution in [0.5, 0.6) is 0 Å². The molecule has 5 heteroatoms. The average Bonchev–Trinajstić information content (AvgIpc) is 2.56. The summed E-state index contributed by atoms with van der Waals surface area (Å²) >= 11 is 0. The summed E-state index contributed by atoms with van der Waals surface area (Å²) in [6, 6.07) is 0.554. The summed E-state index contributed by atoms with van der Waals surface area (Å²) in [5.74, 6) is 2.62. The van der Waals surface area contributed by atoms with E-state index in [1.54, 1.807) is 0 Å². The first-order chi connectivity index (χ1) is 11.5. The number of nitrogens with zero attached hydrogens (tertiary/aromatic N) is 2. The fraction of sp³-hybridized carbons (Fsp3) is 0.947. The number of nitrogens with one attached hydrogen (secondary N) is 2. The van der Waals surface area contributed by atoms with Gasteiger partial charge in [0.15, 0.2) is 5.96 Å². The van der Waals surface area contributed by atoms with E-state index in [0.717, 1.165) is 43.9 Å². The second-order valence-electron chi connectivity index (χ2n) is 7.62. The lowest BCUT2D eigenvalue weighted by Gasteiger charge is -2.32. The van der Waals surface area contributed by atoms with E-state index in [0.29, 0.717) is 6.04 Å². The molecule has 1 unspecified atom stereocenters. The van der Waals surface area contributed by atoms with Gasteiger partial charge in [-0.2, -0.15) is 0 Å². The maximum Gasteiger partial charge on any atom is 0.191 e. The van der Waals surface area contributed by atoms with Crippen molar-refractivity contribution < 1.29 is 4.74 Å². The third-order valence-electron chi connectivity index (χ3n) is 5.08. The van der Waals surface area contributed by atoms with Gasteiger partial charge in [-0.05, 0) is 65.0 Å². The van der Waals surface area contributed by atoms with Crippen molar-refractivity contribution in [3.63, 3.8) is 0 Å². The molecule has 2 N–H and O–H groups in total. The largest absolute Gasteiger partial charge is 0.377 e. The molecule has 0 aromatic rings. The van der Waals surface area contributed by atoms with Crippen molar-refractivity contribution in [3.8, 4) is 0 Å². The molecule has 142 valence electrons. The molecule has 0 radical (unpaired) electrons. The van der Waals surface area contributed by atoms with E-state index in [-0.39, 0.29) is 6.10 Å². The molecule has 0 spiro atoms. The Labute approximate surface area is 149 Å². The van der Waals surface area contributed by atoms with Crippen LogP contribution in [0.2, 0.25) is 0 Å². The minimum absolute atomic E-state index is 0.229. The third-order valence-corrected chi connectivity index (χ3v) is 5.08. The quantitative estimate of drug-likeness (QED) is 0.500. The zero-order valence-corrected chi connectivity index (χ0v) is 16.8. The number of ether oxygens (including phenoxy) is 1. The van der Waals surface area contributed by atoms with E-state index < -0.39 is 0 Å². The van der Waals surface area contributed by atoms with E-state index in [1.807, 2.05) is 7.05 Å². The van der Waals surface area contributed by atoms with Crippen LogP contribution in [0.25, 0.3) is 0 Å². The Bertz CT molecular complexity index is 349. The number of hydrogen-bond donors (Lipinski definition) is 2. The van der Waals surface area contributed by atoms with E-state index in [9.17, 15) is 0 Å². The molecule has 1 atom stereocenters. The van der Waals surface area contributed by atoms with Crippen LogP contribution in [0, 0.1) is 11.8 Å². The van der Waals surface area contributed by atoms with Gasteiger partial charge < -0.3 is 20.3 Å². The van der Waals surface area contributed by atoms with Gasteiger partial charge in [0.2, 0.25) is 0 Å². The van der Waals surface area contributed by atoms with Crippen LogP contribution >= 0.6 is 0 Å². The van der Waals surface area contributed by atoms with E-state index >= 15 is 0 Å². The van der Waals surface area contributed by atoms with Gasteiger partial charge in [0, 0.05) is 32.8 Å². The van der Waals surface area contributed by atoms with Gasteiger partial charge in [0.05, 0.1) is 6.10 Å². The molecule has 0 aromatic heterocycles. The Kier molecular flexibility index (Phi) is 10.3. The van der Waals surface area contributed by atoms with Gasteiger partial charge in [-0.3, -0.25) is 4.99 Å². The summed E-state index contributed by atoms with van der Waals surface area (Å²) in [4.78, 5) is 6.59. The Balaban J connectivity index is 2.35. The highest BCUT2D eigenvalue weighted by Crippen LogP contribution is 2.29. The molecule has 0 aliphatic heterocycles. The first kappa shape index (κ1) is 21.2. The minimum atomic E-state index is 0.229. The smallest absolute Gasteiger partial charge is 0.191 e. The molecule has 24 heavy (non-hydrogen) atoms. The molecule has 0 aromatic carbocycles. The molecule has 0 amide bonds. The summed E-state index contributed by atoms with van der Waals surface area (Å²) in [5.41, 5.74) is 0. The molecule has 1 saturated carbocycles. The van der Waals surface area contributed by atoms with Crippen LogP contribution in [0.1, 0.15) is 52.9 Å². The van der Waals surface area contributed by atoms with E-state index in [1.165, 1.54) is 25.7 Å². The Morgan fingerprint density at radius 2 is 1.88 bits per heavy atom. The third kappa shape index (κ3) is 8.34. The molecule has 0 bridgehead atoms. The van der Waals surface area contributed by atoms with Crippen LogP contribution in [-0.4, -0.2) is 63.8 Å². The zero-order chi connectivity index (χ0) is 17.9. The Morgan fingerprint density at radius 3 is 2.38 bits per heavy atom. The number of rotatable bonds is 9. The lowest BCUT2D eigenvalue weighted by molar-refractivity contribution is 0.0547. The molecule has 1 rings (SSSR count). The van der Waals surface area contributed by atoms with E-state index in [2.05, 4.69) is 55.4 Å². The molecule has 1 aliphatic rings. The predicted molar refractivity (Wildman–Crippen MR) is 104 cm³/mol. The summed E-state index contributed by atoms with van der Waals surface area (Å²) < 4.78 is 5.85. The molecule has 1 fully saturated rings. The number of hydrogen-bond acceptors (Lipinski definition) is 3. The van der Waals surface area contributed by atoms with Gasteiger partial charge in [-0.25, -0.2) is 0 Å². The van der Waals surface area contributed by atoms with Crippen LogP contribution in [0.4, 0.5) is 0 Å². The summed E-state index contributed by atoms with van der Waals surface area (Å²) in [5, 5.41) is 7.06. The van der Waals surface area contributed by atoms with Gasteiger partial charge in [-0.15, -0.1) is 0 Å². The highest BCUT2D eigenvalue weighted by Gasteiger charge is 2.23. The fourth-order valence-electron chi connectivity index (χ4n) is 3.41. The normalized spacial score (nSPS) is 23.6. The van der Waals surface area contributed by atoms with Gasteiger partial charge in [-0.1, -0.05) is 13.8 Å². The standard InChI is InChI=1S/C19H40N4O/c1-7-24-18(12-13-23(5)6)14-21-19(20-4)22-17-10-8-16(9-11-17)15(2)3/h15-18H,7-14H2,1-6H3,(H2,20,21,22). The average molecular weight is 341 g/mol. The first-order valence-corrected chi connectivity index (χ1v) is 9.69. The second kappa shape index (κ2) is 11.7. The summed E-state index contributed by atoms with van der Waals surface area (Å²) in [7, 11) is 6.05. The summed E-state index contributed by atoms with van der Waals surface area (Å²) in [6.07, 6.45) is 6.42. The molecular formula is C19H40N4O. The predicted octanol–water partition coefficient (Wildman–Crippen LogP) is 2.72. The van der Waals surface area contributed by atoms with Crippen molar-refractivity contribution in [2.24, 2.45) is 16.8 Å². The molecular weight excluding hydrogens is 300 g/mol. The monoisotopic (exact) mass is 340 g/mol. The number of guanidine groups is 1. The Hall–Kier alpha value is -0.810. The van der Waals surface area contributed by atoms with Gasteiger partial charge >= 0.3 is 0 Å². The fourth-order valence-corrected chi connectivity index (χ4v) is 3.41. The first-order valence-electron chi connectivity index (χ1n) is 9.69. The van der Waals surface area contributed by atoms with Crippen molar-refractivity contribution in [3.05, 3.63) is 0 Å². The van der Waals surface area contributed by atoms with Crippen molar-refractivity contribution in [1.82, 2.24) is 15.5 Å². The van der Waals surface area contributed by atoms with Crippen LogP contribution in [0.15, 0.2) is 4.99 Å². The van der Waals surface area contributed by atoms with Crippen molar-refractivity contribution in [2.45, 2.75) is 65.0 Å². The molecule has 0 saturated heterocycles. The lowest BCUT2D eigenvalue weighted by atomic mass is 9.80. The molecule has 5 nitrogen and oxygen atoms in total. The highest BCUT2D eigenvalue weighted by molar-refractivity contribution is 5.79. The minimum Gasteiger partial charge on any atom is -0.377 e. The maximum atomic E-state index is 5.85. The van der Waals surface area contributed by atoms with Gasteiger partial charge in [0.1, 0.15) is 0 Å². The summed E-state index contributed by atoms with van der Waals surface area (Å²) in [6.45, 7) is 9.36. The SMILES string of the molecule is CCOC(CCN(C)C)CNC(=NC)NC1CCC(C(C)C)CC1. The van der Waals surface area contributed by atoms with Crippen molar-refractivity contribution in [2.75, 3.05) is 40.8 Å². The maximum absolute atomic E-state index is 5.85. The Morgan fingerprint density at radius 1 is 1.21 bits per heavy atom. The van der Waals surface area contributed by atoms with Crippen molar-refractivity contribution in [1.29, 1.82) is 0 Å². The van der Waals surface area contributed by atoms with Crippen LogP contribution in [0.3, 0.4) is 0 Å². The van der Waals surface area contributed by atoms with Crippen LogP contribution in [-0.2, 0) is 4.74 Å². The second-order valence-corrected chi connectivity index (χ2v) is 7.62. The molecule has 1 aliphatic carbocycles. The topological polar surface area (TPSA) is 48.9 Å². The van der Waals surface area contributed by atoms with Gasteiger partial charge in [0.25, 0.3) is 0 Å². The zero-order valence-electron chi connectivity index (χ0n) is 16.8. The van der Waals surface area contributed by atoms with Crippen LogP contribution < -0.4 is 10.6 Å². The lowest BCUT2D eigenvalue weighted by Crippen LogP contribution is -2.47. The number of aliphatic imine (C=N–C) groups is 1. The van der Waals surface area contributed by atoms with E-state index in [4.69, 9.17) is 4.74 Å². The van der Waals surface area contributed by atoms with Crippen molar-refractivity contribution >= 4 is 5.96 Å².